The van der Waals surface area contributed by atoms with Crippen molar-refractivity contribution in [1.29, 1.82) is 0 Å². The maximum atomic E-state index is 13.9. The minimum atomic E-state index is -0.292. The Labute approximate surface area is 143 Å². The van der Waals surface area contributed by atoms with Crippen LogP contribution in [0, 0.1) is 5.82 Å². The van der Waals surface area contributed by atoms with Crippen molar-refractivity contribution in [3.8, 4) is 0 Å². The predicted octanol–water partition coefficient (Wildman–Crippen LogP) is 2.47. The highest BCUT2D eigenvalue weighted by Crippen LogP contribution is 2.14. The molecule has 5 nitrogen and oxygen atoms in total. The van der Waals surface area contributed by atoms with Gasteiger partial charge in [0.1, 0.15) is 5.82 Å². The highest BCUT2D eigenvalue weighted by atomic mass is 19.1. The number of nitrogens with one attached hydrogen (secondary N) is 1. The van der Waals surface area contributed by atoms with Crippen LogP contribution in [0.5, 0.6) is 0 Å². The van der Waals surface area contributed by atoms with E-state index < -0.39 is 0 Å². The zero-order valence-corrected chi connectivity index (χ0v) is 14.6. The Morgan fingerprint density at radius 1 is 1.42 bits per heavy atom. The summed E-state index contributed by atoms with van der Waals surface area (Å²) in [6.45, 7) is 2.78. The van der Waals surface area contributed by atoms with Crippen molar-refractivity contribution in [3.63, 3.8) is 0 Å². The van der Waals surface area contributed by atoms with Crippen molar-refractivity contribution in [2.24, 2.45) is 0 Å². The van der Waals surface area contributed by atoms with E-state index in [-0.39, 0.29) is 18.4 Å². The quantitative estimate of drug-likeness (QED) is 0.831. The summed E-state index contributed by atoms with van der Waals surface area (Å²) >= 11 is 0. The van der Waals surface area contributed by atoms with Gasteiger partial charge in [-0.05, 0) is 32.5 Å². The molecule has 6 heteroatoms. The first-order valence-corrected chi connectivity index (χ1v) is 8.57. The van der Waals surface area contributed by atoms with Crippen molar-refractivity contribution >= 4 is 6.03 Å². The molecule has 1 N–H and O–H groups in total. The first-order chi connectivity index (χ1) is 11.6. The summed E-state index contributed by atoms with van der Waals surface area (Å²) in [6.07, 6.45) is 3.52. The Balaban J connectivity index is 1.93. The van der Waals surface area contributed by atoms with Crippen LogP contribution in [0.1, 0.15) is 24.8 Å². The lowest BCUT2D eigenvalue weighted by Gasteiger charge is -2.33. The van der Waals surface area contributed by atoms with E-state index in [4.69, 9.17) is 4.74 Å². The maximum Gasteiger partial charge on any atom is 0.317 e. The van der Waals surface area contributed by atoms with Gasteiger partial charge in [0.15, 0.2) is 0 Å². The number of likely N-dealkylation sites (N-methyl/N-ethyl adjacent to an activating group) is 1. The highest BCUT2D eigenvalue weighted by molar-refractivity contribution is 5.74. The number of rotatable bonds is 7. The number of ether oxygens (including phenoxy) is 1. The van der Waals surface area contributed by atoms with Crippen LogP contribution in [-0.4, -0.2) is 62.3 Å². The van der Waals surface area contributed by atoms with Gasteiger partial charge in [-0.15, -0.1) is 0 Å². The number of halogens is 1. The first kappa shape index (κ1) is 18.7. The maximum absolute atomic E-state index is 13.9. The van der Waals surface area contributed by atoms with Gasteiger partial charge < -0.3 is 19.9 Å². The summed E-state index contributed by atoms with van der Waals surface area (Å²) in [5.74, 6) is -0.292. The van der Waals surface area contributed by atoms with Crippen molar-refractivity contribution in [2.45, 2.75) is 31.8 Å². The third-order valence-corrected chi connectivity index (χ3v) is 4.58. The molecule has 0 aliphatic carbocycles. The summed E-state index contributed by atoms with van der Waals surface area (Å²) in [6, 6.07) is 6.75. The second-order valence-corrected chi connectivity index (χ2v) is 6.32. The fraction of sp³-hybridized carbons (Fsp3) is 0.611. The number of hydrogen-bond donors (Lipinski definition) is 1. The zero-order chi connectivity index (χ0) is 17.4. The summed E-state index contributed by atoms with van der Waals surface area (Å²) in [7, 11) is 3.69. The molecule has 0 aromatic heterocycles. The van der Waals surface area contributed by atoms with Gasteiger partial charge in [-0.25, -0.2) is 9.18 Å². The van der Waals surface area contributed by atoms with Gasteiger partial charge in [0, 0.05) is 31.8 Å². The molecule has 0 radical (unpaired) electrons. The van der Waals surface area contributed by atoms with Crippen LogP contribution in [0.4, 0.5) is 9.18 Å². The van der Waals surface area contributed by atoms with Crippen LogP contribution in [-0.2, 0) is 11.3 Å². The fourth-order valence-corrected chi connectivity index (χ4v) is 3.01. The Hall–Kier alpha value is -1.66. The first-order valence-electron chi connectivity index (χ1n) is 8.57. The summed E-state index contributed by atoms with van der Waals surface area (Å²) in [5, 5.41) is 3.00. The molecule has 1 aromatic carbocycles. The molecule has 1 saturated heterocycles. The largest absolute Gasteiger partial charge is 0.383 e. The molecule has 1 fully saturated rings. The van der Waals surface area contributed by atoms with E-state index >= 15 is 0 Å². The summed E-state index contributed by atoms with van der Waals surface area (Å²) in [5.41, 5.74) is 0.513. The predicted molar refractivity (Wildman–Crippen MR) is 92.4 cm³/mol. The van der Waals surface area contributed by atoms with Crippen LogP contribution in [0.25, 0.3) is 0 Å². The minimum absolute atomic E-state index is 0.172. The van der Waals surface area contributed by atoms with E-state index in [1.807, 2.05) is 0 Å². The van der Waals surface area contributed by atoms with Gasteiger partial charge in [0.25, 0.3) is 0 Å². The van der Waals surface area contributed by atoms with Crippen molar-refractivity contribution in [3.05, 3.63) is 35.6 Å². The molecule has 1 atom stereocenters. The zero-order valence-electron chi connectivity index (χ0n) is 14.6. The van der Waals surface area contributed by atoms with Gasteiger partial charge in [0.05, 0.1) is 13.2 Å². The monoisotopic (exact) mass is 337 g/mol. The molecular weight excluding hydrogens is 309 g/mol. The van der Waals surface area contributed by atoms with E-state index in [2.05, 4.69) is 17.3 Å². The van der Waals surface area contributed by atoms with Crippen LogP contribution in [0.15, 0.2) is 24.3 Å². The molecule has 1 heterocycles. The molecule has 24 heavy (non-hydrogen) atoms. The third kappa shape index (κ3) is 5.46. The van der Waals surface area contributed by atoms with Gasteiger partial charge in [-0.3, -0.25) is 0 Å². The molecule has 1 aromatic rings. The van der Waals surface area contributed by atoms with Crippen LogP contribution < -0.4 is 5.32 Å². The normalized spacial score (nSPS) is 18.4. The average Bonchev–Trinajstić information content (AvgIpc) is 2.59. The van der Waals surface area contributed by atoms with Crippen molar-refractivity contribution < 1.29 is 13.9 Å². The van der Waals surface area contributed by atoms with Crippen LogP contribution in [0.3, 0.4) is 0 Å². The van der Waals surface area contributed by atoms with E-state index in [9.17, 15) is 9.18 Å². The fourth-order valence-electron chi connectivity index (χ4n) is 3.01. The molecule has 0 bridgehead atoms. The van der Waals surface area contributed by atoms with Gasteiger partial charge >= 0.3 is 6.03 Å². The molecule has 2 rings (SSSR count). The standard InChI is InChI=1S/C18H28FN3O2/c1-21-10-6-5-8-16(21)13-20-18(23)22(11-12-24-2)14-15-7-3-4-9-17(15)19/h3-4,7,9,16H,5-6,8,10-14H2,1-2H3,(H,20,23)/t16-/m0/s1. The molecule has 1 aliphatic rings. The lowest BCUT2D eigenvalue weighted by Crippen LogP contribution is -2.48. The van der Waals surface area contributed by atoms with Crippen LogP contribution >= 0.6 is 0 Å². The van der Waals surface area contributed by atoms with Gasteiger partial charge in [-0.1, -0.05) is 24.6 Å². The summed E-state index contributed by atoms with van der Waals surface area (Å²) < 4.78 is 18.9. The Morgan fingerprint density at radius 3 is 2.92 bits per heavy atom. The smallest absolute Gasteiger partial charge is 0.317 e. The number of piperidine rings is 1. The number of carbonyl (C=O) groups is 1. The molecule has 0 unspecified atom stereocenters. The summed E-state index contributed by atoms with van der Waals surface area (Å²) in [4.78, 5) is 16.4. The Bertz CT molecular complexity index is 527. The highest BCUT2D eigenvalue weighted by Gasteiger charge is 2.21. The number of benzene rings is 1. The molecule has 2 amide bonds. The number of amides is 2. The van der Waals surface area contributed by atoms with E-state index in [0.29, 0.717) is 31.3 Å². The van der Waals surface area contributed by atoms with E-state index in [1.54, 1.807) is 30.2 Å². The number of nitrogens with zero attached hydrogens (tertiary/aromatic N) is 2. The number of urea groups is 1. The second-order valence-electron chi connectivity index (χ2n) is 6.32. The third-order valence-electron chi connectivity index (χ3n) is 4.58. The molecule has 0 saturated carbocycles. The van der Waals surface area contributed by atoms with Crippen molar-refractivity contribution in [1.82, 2.24) is 15.1 Å². The lowest BCUT2D eigenvalue weighted by molar-refractivity contribution is 0.140. The minimum Gasteiger partial charge on any atom is -0.383 e. The number of likely N-dealkylation sites (tertiary alicyclic amines) is 1. The average molecular weight is 337 g/mol. The van der Waals surface area contributed by atoms with Crippen LogP contribution in [0.2, 0.25) is 0 Å². The topological polar surface area (TPSA) is 44.8 Å². The SMILES string of the molecule is COCCN(Cc1ccccc1F)C(=O)NC[C@@H]1CCCCN1C. The Kier molecular flexibility index (Phi) is 7.46. The second kappa shape index (κ2) is 9.59. The molecule has 0 spiro atoms. The molecular formula is C18H28FN3O2. The number of methoxy groups -OCH3 is 1. The van der Waals surface area contributed by atoms with E-state index in [1.165, 1.54) is 18.9 Å². The Morgan fingerprint density at radius 2 is 2.21 bits per heavy atom. The van der Waals surface area contributed by atoms with E-state index in [0.717, 1.165) is 13.0 Å². The molecule has 134 valence electrons. The van der Waals surface area contributed by atoms with Gasteiger partial charge in [0.2, 0.25) is 0 Å². The lowest BCUT2D eigenvalue weighted by atomic mass is 10.0. The molecule has 1 aliphatic heterocycles. The number of carbonyl (C=O) groups excluding carboxylic acids is 1. The van der Waals surface area contributed by atoms with Gasteiger partial charge in [-0.2, -0.15) is 0 Å². The van der Waals surface area contributed by atoms with Crippen molar-refractivity contribution in [2.75, 3.05) is 40.4 Å². The number of hydrogen-bond acceptors (Lipinski definition) is 3.